The Morgan fingerprint density at radius 2 is 1.71 bits per heavy atom. The predicted molar refractivity (Wildman–Crippen MR) is 246 cm³/mol. The van der Waals surface area contributed by atoms with Gasteiger partial charge in [0.15, 0.2) is 12.6 Å². The second-order valence-electron chi connectivity index (χ2n) is 19.5. The number of nitrogens with zero attached hydrogens (tertiary/aromatic N) is 5. The zero-order valence-electron chi connectivity index (χ0n) is 38.8. The van der Waals surface area contributed by atoms with Gasteiger partial charge in [-0.05, 0) is 93.1 Å². The van der Waals surface area contributed by atoms with E-state index in [1.165, 1.54) is 13.2 Å². The SMILES string of the molecule is COCOc1cc(-c2ncc3c(N4CCCOCC4)nc(OC[C@]45CCC[C@H]4N(C(=O)OC(C)(C)C)CCC5)nc3c2F)c2c(C#C[Si](C(C)C)(C(C)C)C(C)C)c(F)ccc2c1. The highest BCUT2D eigenvalue weighted by atomic mass is 28.3. The number of carbonyl (C=O) groups is 1. The second-order valence-corrected chi connectivity index (χ2v) is 25.1. The number of piperidine rings is 1. The van der Waals surface area contributed by atoms with Crippen LogP contribution in [0.3, 0.4) is 0 Å². The molecular formula is C49H65F2N5O6Si. The molecule has 7 rings (SSSR count). The first-order valence-corrected chi connectivity index (χ1v) is 25.0. The van der Waals surface area contributed by atoms with E-state index in [1.807, 2.05) is 25.7 Å². The van der Waals surface area contributed by atoms with Gasteiger partial charge in [0.1, 0.15) is 42.3 Å². The Hall–Kier alpha value is -4.58. The van der Waals surface area contributed by atoms with E-state index in [2.05, 4.69) is 57.9 Å². The molecule has 1 aliphatic carbocycles. The molecule has 2 aromatic heterocycles. The molecule has 11 nitrogen and oxygen atoms in total. The Morgan fingerprint density at radius 1 is 0.968 bits per heavy atom. The molecule has 0 bridgehead atoms. The van der Waals surface area contributed by atoms with Crippen molar-refractivity contribution in [3.63, 3.8) is 0 Å². The van der Waals surface area contributed by atoms with Crippen molar-refractivity contribution in [1.29, 1.82) is 0 Å². The van der Waals surface area contributed by atoms with Crippen LogP contribution in [0.5, 0.6) is 11.8 Å². The first-order chi connectivity index (χ1) is 30.0. The van der Waals surface area contributed by atoms with Gasteiger partial charge in [0.25, 0.3) is 0 Å². The van der Waals surface area contributed by atoms with Crippen LogP contribution in [-0.2, 0) is 14.2 Å². The molecule has 2 aliphatic heterocycles. The molecule has 2 atom stereocenters. The number of aromatic nitrogens is 3. The number of fused-ring (bicyclic) bond motifs is 3. The third kappa shape index (κ3) is 9.34. The fourth-order valence-electron chi connectivity index (χ4n) is 10.7. The van der Waals surface area contributed by atoms with E-state index in [1.54, 1.807) is 24.4 Å². The van der Waals surface area contributed by atoms with Crippen LogP contribution in [0.1, 0.15) is 106 Å². The van der Waals surface area contributed by atoms with Crippen molar-refractivity contribution in [2.24, 2.45) is 5.41 Å². The van der Waals surface area contributed by atoms with E-state index in [9.17, 15) is 4.79 Å². The molecule has 4 heterocycles. The van der Waals surface area contributed by atoms with E-state index >= 15 is 8.78 Å². The molecule has 2 aromatic carbocycles. The van der Waals surface area contributed by atoms with Crippen molar-refractivity contribution in [1.82, 2.24) is 19.9 Å². The highest BCUT2D eigenvalue weighted by molar-refractivity contribution is 6.90. The minimum Gasteiger partial charge on any atom is -0.468 e. The summed E-state index contributed by atoms with van der Waals surface area (Å²) in [7, 11) is -0.780. The molecule has 0 N–H and O–H groups in total. The molecule has 3 aliphatic rings. The zero-order chi connectivity index (χ0) is 45.3. The van der Waals surface area contributed by atoms with Gasteiger partial charge in [-0.1, -0.05) is 60.0 Å². The number of ether oxygens (including phenoxy) is 5. The molecule has 63 heavy (non-hydrogen) atoms. The van der Waals surface area contributed by atoms with Crippen LogP contribution in [0, 0.1) is 28.5 Å². The highest BCUT2D eigenvalue weighted by Gasteiger charge is 2.51. The van der Waals surface area contributed by atoms with Gasteiger partial charge < -0.3 is 33.5 Å². The lowest BCUT2D eigenvalue weighted by molar-refractivity contribution is -0.0282. The number of anilines is 1. The van der Waals surface area contributed by atoms with E-state index in [0.717, 1.165) is 38.5 Å². The van der Waals surface area contributed by atoms with Gasteiger partial charge in [-0.15, -0.1) is 5.54 Å². The molecule has 4 aromatic rings. The van der Waals surface area contributed by atoms with Gasteiger partial charge in [0.2, 0.25) is 0 Å². The molecular weight excluding hydrogens is 821 g/mol. The number of amides is 1. The largest absolute Gasteiger partial charge is 0.468 e. The fraction of sp³-hybridized carbons (Fsp3) is 0.592. The van der Waals surface area contributed by atoms with Gasteiger partial charge in [-0.2, -0.15) is 9.97 Å². The van der Waals surface area contributed by atoms with Crippen LogP contribution in [0.2, 0.25) is 16.6 Å². The lowest BCUT2D eigenvalue weighted by Gasteiger charge is -2.46. The first kappa shape index (κ1) is 46.4. The minimum absolute atomic E-state index is 0.0240. The smallest absolute Gasteiger partial charge is 0.410 e. The summed E-state index contributed by atoms with van der Waals surface area (Å²) in [6.45, 7) is 22.0. The maximum absolute atomic E-state index is 17.8. The minimum atomic E-state index is -2.30. The molecule has 0 spiro atoms. The van der Waals surface area contributed by atoms with Crippen LogP contribution < -0.4 is 14.4 Å². The van der Waals surface area contributed by atoms with Gasteiger partial charge in [-0.3, -0.25) is 4.98 Å². The van der Waals surface area contributed by atoms with Crippen LogP contribution in [0.25, 0.3) is 32.9 Å². The van der Waals surface area contributed by atoms with Crippen LogP contribution in [0.15, 0.2) is 30.5 Å². The lowest BCUT2D eigenvalue weighted by Crippen LogP contribution is -2.55. The third-order valence-corrected chi connectivity index (χ3v) is 19.8. The molecule has 0 radical (unpaired) electrons. The summed E-state index contributed by atoms with van der Waals surface area (Å²) in [5, 5.41) is 1.47. The van der Waals surface area contributed by atoms with Crippen molar-refractivity contribution >= 4 is 41.7 Å². The number of hydrogen-bond acceptors (Lipinski definition) is 10. The van der Waals surface area contributed by atoms with Crippen LogP contribution in [0.4, 0.5) is 19.4 Å². The average Bonchev–Trinajstić information content (AvgIpc) is 3.48. The number of hydrogen-bond donors (Lipinski definition) is 0. The average molecular weight is 886 g/mol. The second kappa shape index (κ2) is 18.9. The maximum Gasteiger partial charge on any atom is 0.410 e. The van der Waals surface area contributed by atoms with E-state index in [-0.39, 0.29) is 53.7 Å². The van der Waals surface area contributed by atoms with Crippen molar-refractivity contribution in [2.45, 2.75) is 129 Å². The Kier molecular flexibility index (Phi) is 13.9. The van der Waals surface area contributed by atoms with Gasteiger partial charge in [-0.25, -0.2) is 13.6 Å². The summed E-state index contributed by atoms with van der Waals surface area (Å²) in [5.74, 6) is 3.04. The van der Waals surface area contributed by atoms with Crippen molar-refractivity contribution in [3.05, 3.63) is 47.7 Å². The topological polar surface area (TPSA) is 108 Å². The van der Waals surface area contributed by atoms with Gasteiger partial charge in [0.05, 0.1) is 24.2 Å². The third-order valence-electron chi connectivity index (χ3n) is 13.5. The summed E-state index contributed by atoms with van der Waals surface area (Å²) in [5.41, 5.74) is 4.18. The summed E-state index contributed by atoms with van der Waals surface area (Å²) in [4.78, 5) is 31.9. The summed E-state index contributed by atoms with van der Waals surface area (Å²) in [6.07, 6.45) is 6.37. The number of halogens is 2. The Balaban J connectivity index is 1.38. The number of benzene rings is 2. The summed E-state index contributed by atoms with van der Waals surface area (Å²) in [6, 6.07) is 6.50. The number of pyridine rings is 1. The quantitative estimate of drug-likeness (QED) is 0.0820. The van der Waals surface area contributed by atoms with E-state index < -0.39 is 25.3 Å². The predicted octanol–water partition coefficient (Wildman–Crippen LogP) is 10.9. The molecule has 2 saturated heterocycles. The standard InChI is InChI=1S/C49H65F2N5O6Si/c1-31(2)63(32(3)4,33(5)6)25-17-36-39(50)16-15-34-26-35(61-30-58-10)27-37(41(34)36)43-42(51)44-38(28-52-43)45(55-20-13-23-59-24-22-55)54-46(53-44)60-29-49-18-11-14-40(49)56(21-12-19-49)47(57)62-48(7,8)9/h15-16,26-28,31-33,40H,11-14,18-24,29-30H2,1-10H3/t40-,49-/m1/s1. The van der Waals surface area contributed by atoms with E-state index in [4.69, 9.17) is 38.6 Å². The summed E-state index contributed by atoms with van der Waals surface area (Å²) >= 11 is 0. The Bertz CT molecular complexity index is 2350. The maximum atomic E-state index is 17.8. The van der Waals surface area contributed by atoms with Crippen LogP contribution >= 0.6 is 0 Å². The number of methoxy groups -OCH3 is 1. The zero-order valence-corrected chi connectivity index (χ0v) is 39.8. The lowest BCUT2D eigenvalue weighted by atomic mass is 9.75. The molecule has 14 heteroatoms. The van der Waals surface area contributed by atoms with Gasteiger partial charge in [0, 0.05) is 62.0 Å². The molecule has 1 amide bonds. The fourth-order valence-corrected chi connectivity index (χ4v) is 15.9. The monoisotopic (exact) mass is 885 g/mol. The first-order valence-electron chi connectivity index (χ1n) is 22.7. The number of rotatable bonds is 11. The number of carbonyl (C=O) groups excluding carboxylic acids is 1. The van der Waals surface area contributed by atoms with Crippen molar-refractivity contribution in [3.8, 4) is 34.5 Å². The molecule has 3 fully saturated rings. The highest BCUT2D eigenvalue weighted by Crippen LogP contribution is 2.49. The van der Waals surface area contributed by atoms with Crippen molar-refractivity contribution < 1.29 is 37.3 Å². The molecule has 340 valence electrons. The van der Waals surface area contributed by atoms with Crippen molar-refractivity contribution in [2.75, 3.05) is 58.3 Å². The normalized spacial score (nSPS) is 19.7. The Labute approximate surface area is 372 Å². The Morgan fingerprint density at radius 3 is 2.43 bits per heavy atom. The van der Waals surface area contributed by atoms with E-state index in [0.29, 0.717) is 82.8 Å². The number of likely N-dealkylation sites (tertiary alicyclic amines) is 1. The van der Waals surface area contributed by atoms with Crippen LogP contribution in [-0.4, -0.2) is 99.0 Å². The van der Waals surface area contributed by atoms with Gasteiger partial charge >= 0.3 is 12.1 Å². The summed E-state index contributed by atoms with van der Waals surface area (Å²) < 4.78 is 63.5. The molecule has 0 unspecified atom stereocenters. The molecule has 1 saturated carbocycles.